The van der Waals surface area contributed by atoms with Gasteiger partial charge in [0.25, 0.3) is 0 Å². The van der Waals surface area contributed by atoms with Crippen molar-refractivity contribution in [2.75, 3.05) is 30.4 Å². The van der Waals surface area contributed by atoms with E-state index in [1.165, 1.54) is 5.56 Å². The molecule has 0 radical (unpaired) electrons. The van der Waals surface area contributed by atoms with Gasteiger partial charge in [-0.3, -0.25) is 4.79 Å². The van der Waals surface area contributed by atoms with E-state index in [4.69, 9.17) is 10.5 Å². The van der Waals surface area contributed by atoms with Crippen LogP contribution in [-0.4, -0.2) is 32.1 Å². The Morgan fingerprint density at radius 2 is 2.00 bits per heavy atom. The Hall–Kier alpha value is -2.86. The van der Waals surface area contributed by atoms with E-state index in [1.54, 1.807) is 12.0 Å². The molecule has 0 aliphatic carbocycles. The lowest BCUT2D eigenvalue weighted by Crippen LogP contribution is -2.37. The van der Waals surface area contributed by atoms with E-state index in [0.29, 0.717) is 6.61 Å². The number of amides is 1. The number of fused-ring (bicyclic) bond motifs is 1. The van der Waals surface area contributed by atoms with Gasteiger partial charge in [0.15, 0.2) is 5.96 Å². The van der Waals surface area contributed by atoms with Crippen LogP contribution < -0.4 is 16.0 Å². The number of anilines is 2. The molecule has 0 atom stereocenters. The highest BCUT2D eigenvalue weighted by Crippen LogP contribution is 2.26. The first-order chi connectivity index (χ1) is 12.7. The zero-order valence-electron chi connectivity index (χ0n) is 14.9. The first-order valence-corrected chi connectivity index (χ1v) is 8.71. The van der Waals surface area contributed by atoms with Gasteiger partial charge in [-0.15, -0.1) is 0 Å². The van der Waals surface area contributed by atoms with Crippen molar-refractivity contribution in [2.45, 2.75) is 19.4 Å². The quantitative estimate of drug-likeness (QED) is 0.640. The molecule has 3 N–H and O–H groups in total. The van der Waals surface area contributed by atoms with Gasteiger partial charge >= 0.3 is 0 Å². The van der Waals surface area contributed by atoms with Crippen molar-refractivity contribution < 1.29 is 9.53 Å². The van der Waals surface area contributed by atoms with Crippen LogP contribution >= 0.6 is 0 Å². The summed E-state index contributed by atoms with van der Waals surface area (Å²) < 4.78 is 5.18. The van der Waals surface area contributed by atoms with E-state index < -0.39 is 0 Å². The van der Waals surface area contributed by atoms with Gasteiger partial charge < -0.3 is 20.7 Å². The molecule has 1 amide bonds. The van der Waals surface area contributed by atoms with Crippen molar-refractivity contribution in [3.8, 4) is 0 Å². The van der Waals surface area contributed by atoms with Crippen LogP contribution in [0.3, 0.4) is 0 Å². The number of rotatable bonds is 5. The zero-order chi connectivity index (χ0) is 18.4. The van der Waals surface area contributed by atoms with Crippen LogP contribution in [0.25, 0.3) is 0 Å². The number of aryl methyl sites for hydroxylation is 1. The molecule has 1 aliphatic rings. The van der Waals surface area contributed by atoms with E-state index >= 15 is 0 Å². The molecule has 3 rings (SSSR count). The van der Waals surface area contributed by atoms with Crippen LogP contribution in [0.2, 0.25) is 0 Å². The predicted molar refractivity (Wildman–Crippen MR) is 104 cm³/mol. The number of hydrogen-bond donors (Lipinski definition) is 2. The van der Waals surface area contributed by atoms with Crippen molar-refractivity contribution in [3.63, 3.8) is 0 Å². The average molecular weight is 352 g/mol. The minimum absolute atomic E-state index is 0.0135. The van der Waals surface area contributed by atoms with Gasteiger partial charge in [0, 0.05) is 30.6 Å². The molecule has 0 aromatic heterocycles. The Balaban J connectivity index is 1.66. The van der Waals surface area contributed by atoms with Crippen molar-refractivity contribution in [1.82, 2.24) is 0 Å². The normalized spacial score (nSPS) is 14.0. The van der Waals surface area contributed by atoms with E-state index in [1.807, 2.05) is 42.5 Å². The van der Waals surface area contributed by atoms with Gasteiger partial charge in [-0.25, -0.2) is 4.99 Å². The summed E-state index contributed by atoms with van der Waals surface area (Å²) >= 11 is 0. The lowest BCUT2D eigenvalue weighted by molar-refractivity contribution is -0.117. The van der Waals surface area contributed by atoms with Crippen LogP contribution in [0.5, 0.6) is 0 Å². The lowest BCUT2D eigenvalue weighted by atomic mass is 10.0. The molecule has 2 aromatic carbocycles. The van der Waals surface area contributed by atoms with Crippen LogP contribution in [0, 0.1) is 0 Å². The highest BCUT2D eigenvalue weighted by Gasteiger charge is 2.21. The van der Waals surface area contributed by atoms with Crippen LogP contribution in [0.15, 0.2) is 53.5 Å². The fourth-order valence-electron chi connectivity index (χ4n) is 3.13. The van der Waals surface area contributed by atoms with E-state index in [0.717, 1.165) is 36.3 Å². The maximum atomic E-state index is 12.6. The Bertz CT molecular complexity index is 804. The van der Waals surface area contributed by atoms with Crippen LogP contribution in [-0.2, 0) is 22.6 Å². The summed E-state index contributed by atoms with van der Waals surface area (Å²) in [6.45, 7) is 1.20. The van der Waals surface area contributed by atoms with Gasteiger partial charge in [0.05, 0.1) is 6.61 Å². The smallest absolute Gasteiger partial charge is 0.248 e. The second kappa shape index (κ2) is 8.49. The van der Waals surface area contributed by atoms with Crippen molar-refractivity contribution >= 4 is 23.2 Å². The number of benzene rings is 2. The molecule has 0 fully saturated rings. The summed E-state index contributed by atoms with van der Waals surface area (Å²) in [7, 11) is 1.64. The number of ether oxygens (including phenoxy) is 1. The second-order valence-electron chi connectivity index (χ2n) is 6.19. The third-order valence-corrected chi connectivity index (χ3v) is 4.38. The molecule has 2 aromatic rings. The number of carbonyl (C=O) groups is 1. The SMILES string of the molecule is COCc1ccccc1NC(N)=NCC(=O)N1CCCc2ccccc21. The van der Waals surface area contributed by atoms with Crippen molar-refractivity contribution in [1.29, 1.82) is 0 Å². The number of nitrogens with one attached hydrogen (secondary N) is 1. The molecule has 1 heterocycles. The molecule has 136 valence electrons. The largest absolute Gasteiger partial charge is 0.380 e. The lowest BCUT2D eigenvalue weighted by Gasteiger charge is -2.29. The molecule has 0 saturated carbocycles. The van der Waals surface area contributed by atoms with Gasteiger partial charge in [0.1, 0.15) is 6.54 Å². The van der Waals surface area contributed by atoms with Crippen molar-refractivity contribution in [2.24, 2.45) is 10.7 Å². The number of guanidine groups is 1. The van der Waals surface area contributed by atoms with Gasteiger partial charge in [-0.2, -0.15) is 0 Å². The average Bonchev–Trinajstić information content (AvgIpc) is 2.67. The standard InChI is InChI=1S/C20H24N4O2/c1-26-14-16-8-2-4-10-17(16)23-20(21)22-13-19(25)24-12-6-9-15-7-3-5-11-18(15)24/h2-5,7-8,10-11H,6,9,12-14H2,1H3,(H3,21,22,23). The maximum absolute atomic E-state index is 12.6. The van der Waals surface area contributed by atoms with Gasteiger partial charge in [-0.05, 0) is 30.5 Å². The third kappa shape index (κ3) is 4.21. The van der Waals surface area contributed by atoms with Crippen LogP contribution in [0.1, 0.15) is 17.5 Å². The number of aliphatic imine (C=N–C) groups is 1. The molecule has 0 spiro atoms. The van der Waals surface area contributed by atoms with E-state index in [-0.39, 0.29) is 18.4 Å². The van der Waals surface area contributed by atoms with E-state index in [2.05, 4.69) is 16.4 Å². The first kappa shape index (κ1) is 17.9. The molecule has 6 heteroatoms. The molecular formula is C20H24N4O2. The summed E-state index contributed by atoms with van der Waals surface area (Å²) in [5.41, 5.74) is 9.96. The summed E-state index contributed by atoms with van der Waals surface area (Å²) in [5, 5.41) is 3.05. The highest BCUT2D eigenvalue weighted by molar-refractivity contribution is 5.99. The molecule has 6 nitrogen and oxygen atoms in total. The third-order valence-electron chi connectivity index (χ3n) is 4.38. The second-order valence-corrected chi connectivity index (χ2v) is 6.19. The summed E-state index contributed by atoms with van der Waals surface area (Å²) in [4.78, 5) is 18.6. The van der Waals surface area contributed by atoms with Crippen LogP contribution in [0.4, 0.5) is 11.4 Å². The molecule has 1 aliphatic heterocycles. The minimum atomic E-state index is -0.0490. The minimum Gasteiger partial charge on any atom is -0.380 e. The Kier molecular flexibility index (Phi) is 5.86. The number of para-hydroxylation sites is 2. The maximum Gasteiger partial charge on any atom is 0.248 e. The highest BCUT2D eigenvalue weighted by atomic mass is 16.5. The van der Waals surface area contributed by atoms with E-state index in [9.17, 15) is 4.79 Å². The number of nitrogens with zero attached hydrogens (tertiary/aromatic N) is 2. The first-order valence-electron chi connectivity index (χ1n) is 8.71. The molecular weight excluding hydrogens is 328 g/mol. The number of methoxy groups -OCH3 is 1. The Morgan fingerprint density at radius 3 is 2.85 bits per heavy atom. The number of hydrogen-bond acceptors (Lipinski definition) is 3. The monoisotopic (exact) mass is 352 g/mol. The topological polar surface area (TPSA) is 80.0 Å². The number of nitrogens with two attached hydrogens (primary N) is 1. The molecule has 0 saturated heterocycles. The Labute approximate surface area is 153 Å². The fourth-order valence-corrected chi connectivity index (χ4v) is 3.13. The summed E-state index contributed by atoms with van der Waals surface area (Å²) in [6.07, 6.45) is 1.97. The van der Waals surface area contributed by atoms with Gasteiger partial charge in [-0.1, -0.05) is 36.4 Å². The molecule has 0 bridgehead atoms. The van der Waals surface area contributed by atoms with Gasteiger partial charge in [0.2, 0.25) is 5.91 Å². The molecule has 26 heavy (non-hydrogen) atoms. The number of carbonyl (C=O) groups excluding carboxylic acids is 1. The predicted octanol–water partition coefficient (Wildman–Crippen LogP) is 2.54. The zero-order valence-corrected chi connectivity index (χ0v) is 14.9. The molecule has 0 unspecified atom stereocenters. The van der Waals surface area contributed by atoms with Crippen molar-refractivity contribution in [3.05, 3.63) is 59.7 Å². The Morgan fingerprint density at radius 1 is 1.23 bits per heavy atom. The summed E-state index contributed by atoms with van der Waals surface area (Å²) in [6, 6.07) is 15.7. The summed E-state index contributed by atoms with van der Waals surface area (Å²) in [5.74, 6) is 0.166. The fraction of sp³-hybridized carbons (Fsp3) is 0.300.